The smallest absolute Gasteiger partial charge is 0.144 e. The molecular weight excluding hydrogens is 248 g/mol. The monoisotopic (exact) mass is 259 g/mol. The molecule has 19 heavy (non-hydrogen) atoms. The molecule has 2 aromatic rings. The maximum absolute atomic E-state index is 13.4. The van der Waals surface area contributed by atoms with Crippen molar-refractivity contribution in [2.75, 3.05) is 5.32 Å². The summed E-state index contributed by atoms with van der Waals surface area (Å²) in [7, 11) is 0. The Morgan fingerprint density at radius 2 is 2.11 bits per heavy atom. The third-order valence-electron chi connectivity index (χ3n) is 2.73. The molecule has 0 atom stereocenters. The highest BCUT2D eigenvalue weighted by molar-refractivity contribution is 5.55. The molecule has 0 fully saturated rings. The Morgan fingerprint density at radius 3 is 2.84 bits per heavy atom. The van der Waals surface area contributed by atoms with Crippen LogP contribution >= 0.6 is 0 Å². The fraction of sp³-hybridized carbons (Fsp3) is 0.143. The Bertz CT molecular complexity index is 648. The highest BCUT2D eigenvalue weighted by Crippen LogP contribution is 2.17. The molecule has 3 nitrogen and oxygen atoms in total. The van der Waals surface area contributed by atoms with Crippen molar-refractivity contribution in [2.24, 2.45) is 0 Å². The van der Waals surface area contributed by atoms with Gasteiger partial charge in [0, 0.05) is 18.3 Å². The number of nitriles is 1. The lowest BCUT2D eigenvalue weighted by atomic mass is 10.1. The Morgan fingerprint density at radius 1 is 1.32 bits per heavy atom. The van der Waals surface area contributed by atoms with Gasteiger partial charge in [0.05, 0.1) is 5.56 Å². The number of hydrogen-bond donors (Lipinski definition) is 1. The molecule has 0 aliphatic rings. The zero-order chi connectivity index (χ0) is 13.8. The highest BCUT2D eigenvalue weighted by Gasteiger charge is 2.08. The van der Waals surface area contributed by atoms with E-state index in [9.17, 15) is 8.78 Å². The van der Waals surface area contributed by atoms with Crippen LogP contribution in [0.1, 0.15) is 16.7 Å². The molecule has 0 unspecified atom stereocenters. The maximum atomic E-state index is 13.4. The predicted molar refractivity (Wildman–Crippen MR) is 67.4 cm³/mol. The van der Waals surface area contributed by atoms with Gasteiger partial charge >= 0.3 is 0 Å². The molecular formula is C14H11F2N3. The van der Waals surface area contributed by atoms with Crippen molar-refractivity contribution in [3.05, 3.63) is 58.8 Å². The number of halogens is 2. The van der Waals surface area contributed by atoms with Crippen molar-refractivity contribution < 1.29 is 8.78 Å². The van der Waals surface area contributed by atoms with Gasteiger partial charge < -0.3 is 5.32 Å². The summed E-state index contributed by atoms with van der Waals surface area (Å²) in [6, 6.07) is 6.99. The fourth-order valence-electron chi connectivity index (χ4n) is 1.69. The molecule has 0 saturated carbocycles. The number of nitrogens with one attached hydrogen (secondary N) is 1. The first-order chi connectivity index (χ1) is 9.11. The molecule has 1 aromatic carbocycles. The number of nitrogens with zero attached hydrogens (tertiary/aromatic N) is 2. The van der Waals surface area contributed by atoms with E-state index in [1.54, 1.807) is 19.2 Å². The van der Waals surface area contributed by atoms with Crippen molar-refractivity contribution in [1.29, 1.82) is 5.26 Å². The first-order valence-corrected chi connectivity index (χ1v) is 5.65. The molecule has 0 spiro atoms. The quantitative estimate of drug-likeness (QED) is 0.921. The molecule has 2 rings (SSSR count). The van der Waals surface area contributed by atoms with Gasteiger partial charge in [-0.2, -0.15) is 5.26 Å². The second-order valence-corrected chi connectivity index (χ2v) is 4.05. The van der Waals surface area contributed by atoms with Crippen molar-refractivity contribution in [2.45, 2.75) is 13.5 Å². The normalized spacial score (nSPS) is 10.0. The predicted octanol–water partition coefficient (Wildman–Crippen LogP) is 3.15. The van der Waals surface area contributed by atoms with Crippen LogP contribution in [0.3, 0.4) is 0 Å². The lowest BCUT2D eigenvalue weighted by Gasteiger charge is -2.09. The number of rotatable bonds is 3. The summed E-state index contributed by atoms with van der Waals surface area (Å²) in [5, 5.41) is 11.9. The van der Waals surface area contributed by atoms with Gasteiger partial charge in [-0.3, -0.25) is 0 Å². The van der Waals surface area contributed by atoms with Crippen LogP contribution in [0.15, 0.2) is 30.5 Å². The molecule has 0 aliphatic carbocycles. The van der Waals surface area contributed by atoms with Crippen molar-refractivity contribution >= 4 is 5.82 Å². The maximum Gasteiger partial charge on any atom is 0.144 e. The number of benzene rings is 1. The minimum absolute atomic E-state index is 0.0642. The van der Waals surface area contributed by atoms with Crippen LogP contribution in [0, 0.1) is 29.9 Å². The molecule has 1 heterocycles. The number of hydrogen-bond acceptors (Lipinski definition) is 3. The van der Waals surface area contributed by atoms with E-state index in [4.69, 9.17) is 5.26 Å². The van der Waals surface area contributed by atoms with E-state index in [0.717, 1.165) is 23.8 Å². The van der Waals surface area contributed by atoms with Gasteiger partial charge in [0.25, 0.3) is 0 Å². The minimum atomic E-state index is -0.504. The van der Waals surface area contributed by atoms with Crippen LogP contribution < -0.4 is 5.32 Å². The summed E-state index contributed by atoms with van der Waals surface area (Å²) >= 11 is 0. The van der Waals surface area contributed by atoms with Crippen molar-refractivity contribution in [3.63, 3.8) is 0 Å². The molecule has 1 aromatic heterocycles. The third-order valence-corrected chi connectivity index (χ3v) is 2.73. The molecule has 0 radical (unpaired) electrons. The minimum Gasteiger partial charge on any atom is -0.365 e. The second kappa shape index (κ2) is 5.44. The Kier molecular flexibility index (Phi) is 3.71. The molecule has 0 aliphatic heterocycles. The second-order valence-electron chi connectivity index (χ2n) is 4.05. The Hall–Kier alpha value is -2.48. The van der Waals surface area contributed by atoms with Crippen molar-refractivity contribution in [1.82, 2.24) is 4.98 Å². The molecule has 1 N–H and O–H groups in total. The lowest BCUT2D eigenvalue weighted by Crippen LogP contribution is -2.06. The van der Waals surface area contributed by atoms with E-state index in [-0.39, 0.29) is 12.1 Å². The van der Waals surface area contributed by atoms with E-state index in [2.05, 4.69) is 10.3 Å². The van der Waals surface area contributed by atoms with E-state index in [1.165, 1.54) is 0 Å². The standard InChI is InChI=1S/C14H11F2N3/c1-9-4-5-18-14(12(9)7-17)19-8-10-6-11(15)2-3-13(10)16/h2-6H,8H2,1H3,(H,18,19). The van der Waals surface area contributed by atoms with Gasteiger partial charge in [-0.15, -0.1) is 0 Å². The summed E-state index contributed by atoms with van der Waals surface area (Å²) < 4.78 is 26.5. The van der Waals surface area contributed by atoms with Gasteiger partial charge in [0.15, 0.2) is 0 Å². The van der Waals surface area contributed by atoms with Gasteiger partial charge in [-0.25, -0.2) is 13.8 Å². The first kappa shape index (κ1) is 13.0. The average molecular weight is 259 g/mol. The molecule has 0 saturated heterocycles. The largest absolute Gasteiger partial charge is 0.365 e. The summed E-state index contributed by atoms with van der Waals surface area (Å²) in [6.07, 6.45) is 1.56. The summed E-state index contributed by atoms with van der Waals surface area (Å²) in [5.41, 5.74) is 1.37. The topological polar surface area (TPSA) is 48.7 Å². The van der Waals surface area contributed by atoms with Gasteiger partial charge in [-0.05, 0) is 36.8 Å². The number of aromatic nitrogens is 1. The van der Waals surface area contributed by atoms with E-state index >= 15 is 0 Å². The zero-order valence-electron chi connectivity index (χ0n) is 10.2. The Labute approximate surface area is 109 Å². The van der Waals surface area contributed by atoms with Crippen LogP contribution in [-0.2, 0) is 6.54 Å². The number of anilines is 1. The fourth-order valence-corrected chi connectivity index (χ4v) is 1.69. The van der Waals surface area contributed by atoms with E-state index < -0.39 is 11.6 Å². The highest BCUT2D eigenvalue weighted by atomic mass is 19.1. The van der Waals surface area contributed by atoms with Crippen molar-refractivity contribution in [3.8, 4) is 6.07 Å². The van der Waals surface area contributed by atoms with E-state index in [0.29, 0.717) is 11.4 Å². The first-order valence-electron chi connectivity index (χ1n) is 5.65. The summed E-state index contributed by atoms with van der Waals surface area (Å²) in [4.78, 5) is 4.03. The van der Waals surface area contributed by atoms with Crippen LogP contribution in [0.5, 0.6) is 0 Å². The van der Waals surface area contributed by atoms with Crippen LogP contribution in [0.2, 0.25) is 0 Å². The lowest BCUT2D eigenvalue weighted by molar-refractivity contribution is 0.587. The SMILES string of the molecule is Cc1ccnc(NCc2cc(F)ccc2F)c1C#N. The molecule has 0 bridgehead atoms. The summed E-state index contributed by atoms with van der Waals surface area (Å²) in [5.74, 6) is -0.637. The van der Waals surface area contributed by atoms with Gasteiger partial charge in [-0.1, -0.05) is 0 Å². The zero-order valence-corrected chi connectivity index (χ0v) is 10.2. The van der Waals surface area contributed by atoms with Crippen LogP contribution in [0.4, 0.5) is 14.6 Å². The van der Waals surface area contributed by atoms with E-state index in [1.807, 2.05) is 6.07 Å². The van der Waals surface area contributed by atoms with Gasteiger partial charge in [0.1, 0.15) is 23.5 Å². The number of pyridine rings is 1. The van der Waals surface area contributed by atoms with Crippen LogP contribution in [0.25, 0.3) is 0 Å². The Balaban J connectivity index is 2.22. The average Bonchev–Trinajstić information content (AvgIpc) is 2.40. The molecule has 96 valence electrons. The van der Waals surface area contributed by atoms with Gasteiger partial charge in [0.2, 0.25) is 0 Å². The molecule has 5 heteroatoms. The number of aryl methyl sites for hydroxylation is 1. The molecule has 0 amide bonds. The van der Waals surface area contributed by atoms with Crippen LogP contribution in [-0.4, -0.2) is 4.98 Å². The summed E-state index contributed by atoms with van der Waals surface area (Å²) in [6.45, 7) is 1.85. The third kappa shape index (κ3) is 2.86.